The Balaban J connectivity index is 2.28. The van der Waals surface area contributed by atoms with E-state index in [2.05, 4.69) is 15.9 Å². The molecule has 88 valence electrons. The molecule has 0 bridgehead atoms. The Labute approximate surface area is 113 Å². The number of ether oxygens (including phenoxy) is 1. The Hall–Kier alpha value is -1.03. The van der Waals surface area contributed by atoms with E-state index in [9.17, 15) is 0 Å². The minimum atomic E-state index is 0.505. The predicted octanol–water partition coefficient (Wildman–Crippen LogP) is 4.35. The van der Waals surface area contributed by atoms with Gasteiger partial charge >= 0.3 is 0 Å². The summed E-state index contributed by atoms with van der Waals surface area (Å²) in [5.41, 5.74) is 6.61. The minimum Gasteiger partial charge on any atom is -0.455 e. The molecule has 0 aromatic heterocycles. The number of benzene rings is 2. The fourth-order valence-corrected chi connectivity index (χ4v) is 2.08. The lowest BCUT2D eigenvalue weighted by molar-refractivity contribution is 0.479. The fourth-order valence-electron chi connectivity index (χ4n) is 1.40. The first-order chi connectivity index (χ1) is 8.20. The highest BCUT2D eigenvalue weighted by Gasteiger charge is 2.06. The first kappa shape index (κ1) is 12.4. The van der Waals surface area contributed by atoms with E-state index in [4.69, 9.17) is 22.1 Å². The summed E-state index contributed by atoms with van der Waals surface area (Å²) in [4.78, 5) is 0. The Morgan fingerprint density at radius 1 is 1.12 bits per heavy atom. The number of halogens is 2. The molecule has 4 heteroatoms. The Morgan fingerprint density at radius 2 is 1.88 bits per heavy atom. The second kappa shape index (κ2) is 5.54. The van der Waals surface area contributed by atoms with Crippen molar-refractivity contribution >= 4 is 27.5 Å². The second-order valence-electron chi connectivity index (χ2n) is 3.50. The molecule has 17 heavy (non-hydrogen) atoms. The van der Waals surface area contributed by atoms with Crippen LogP contribution in [0.2, 0.25) is 5.02 Å². The Morgan fingerprint density at radius 3 is 2.53 bits per heavy atom. The first-order valence-electron chi connectivity index (χ1n) is 5.11. The summed E-state index contributed by atoms with van der Waals surface area (Å²) in [6.45, 7) is 0.505. The van der Waals surface area contributed by atoms with Crippen molar-refractivity contribution in [2.24, 2.45) is 5.73 Å². The van der Waals surface area contributed by atoms with Crippen LogP contribution >= 0.6 is 27.5 Å². The van der Waals surface area contributed by atoms with Gasteiger partial charge in [0.1, 0.15) is 11.5 Å². The van der Waals surface area contributed by atoms with Gasteiger partial charge in [-0.15, -0.1) is 0 Å². The summed E-state index contributed by atoms with van der Waals surface area (Å²) in [5, 5.41) is 0.585. The van der Waals surface area contributed by atoms with Crippen LogP contribution in [0.25, 0.3) is 0 Å². The molecular weight excluding hydrogens is 302 g/mol. The van der Waals surface area contributed by atoms with E-state index in [0.717, 1.165) is 15.8 Å². The van der Waals surface area contributed by atoms with Gasteiger partial charge in [0.05, 0.1) is 9.50 Å². The number of para-hydroxylation sites is 1. The van der Waals surface area contributed by atoms with Gasteiger partial charge < -0.3 is 10.5 Å². The molecule has 2 aromatic rings. The van der Waals surface area contributed by atoms with Gasteiger partial charge in [0.15, 0.2) is 0 Å². The quantitative estimate of drug-likeness (QED) is 0.914. The molecule has 0 radical (unpaired) electrons. The van der Waals surface area contributed by atoms with Gasteiger partial charge in [-0.2, -0.15) is 0 Å². The van der Waals surface area contributed by atoms with Crippen molar-refractivity contribution in [3.63, 3.8) is 0 Å². The molecule has 0 heterocycles. The molecule has 2 N–H and O–H groups in total. The third-order valence-corrected chi connectivity index (χ3v) is 3.22. The molecule has 0 amide bonds. The molecule has 0 saturated carbocycles. The average molecular weight is 313 g/mol. The Bertz CT molecular complexity index is 531. The zero-order valence-electron chi connectivity index (χ0n) is 8.99. The summed E-state index contributed by atoms with van der Waals surface area (Å²) in [6.07, 6.45) is 0. The zero-order chi connectivity index (χ0) is 12.3. The van der Waals surface area contributed by atoms with Crippen LogP contribution in [-0.4, -0.2) is 0 Å². The molecule has 2 nitrogen and oxygen atoms in total. The van der Waals surface area contributed by atoms with Gasteiger partial charge in [-0.25, -0.2) is 0 Å². The maximum absolute atomic E-state index is 6.02. The van der Waals surface area contributed by atoms with Gasteiger partial charge in [0, 0.05) is 6.54 Å². The van der Waals surface area contributed by atoms with Crippen LogP contribution in [0.1, 0.15) is 5.56 Å². The van der Waals surface area contributed by atoms with Crippen molar-refractivity contribution in [2.75, 3.05) is 0 Å². The minimum absolute atomic E-state index is 0.505. The van der Waals surface area contributed by atoms with Crippen LogP contribution in [-0.2, 0) is 6.54 Å². The molecule has 0 spiro atoms. The number of hydrogen-bond acceptors (Lipinski definition) is 2. The van der Waals surface area contributed by atoms with Crippen LogP contribution < -0.4 is 10.5 Å². The topological polar surface area (TPSA) is 35.2 Å². The van der Waals surface area contributed by atoms with Gasteiger partial charge in [-0.1, -0.05) is 29.8 Å². The molecule has 0 aliphatic rings. The second-order valence-corrected chi connectivity index (χ2v) is 4.76. The smallest absolute Gasteiger partial charge is 0.146 e. The largest absolute Gasteiger partial charge is 0.455 e. The standard InChI is InChI=1S/C13H11BrClNO/c14-10-7-9(8-16)5-6-12(10)17-13-4-2-1-3-11(13)15/h1-7H,8,16H2. The summed E-state index contributed by atoms with van der Waals surface area (Å²) in [5.74, 6) is 1.35. The predicted molar refractivity (Wildman–Crippen MR) is 73.6 cm³/mol. The van der Waals surface area contributed by atoms with E-state index in [1.54, 1.807) is 6.07 Å². The SMILES string of the molecule is NCc1ccc(Oc2ccccc2Cl)c(Br)c1. The average Bonchev–Trinajstić information content (AvgIpc) is 2.34. The molecule has 0 saturated heterocycles. The van der Waals surface area contributed by atoms with Crippen molar-refractivity contribution in [3.8, 4) is 11.5 Å². The maximum atomic E-state index is 6.02. The van der Waals surface area contributed by atoms with E-state index < -0.39 is 0 Å². The Kier molecular flexibility index (Phi) is 4.05. The van der Waals surface area contributed by atoms with Gasteiger partial charge in [-0.05, 0) is 45.8 Å². The third-order valence-electron chi connectivity index (χ3n) is 2.29. The summed E-state index contributed by atoms with van der Waals surface area (Å²) < 4.78 is 6.58. The molecule has 0 aliphatic heterocycles. The normalized spacial score (nSPS) is 10.3. The molecule has 0 aliphatic carbocycles. The van der Waals surface area contributed by atoms with Crippen molar-refractivity contribution in [1.29, 1.82) is 0 Å². The van der Waals surface area contributed by atoms with Crippen LogP contribution in [0, 0.1) is 0 Å². The van der Waals surface area contributed by atoms with Crippen LogP contribution in [0.4, 0.5) is 0 Å². The summed E-state index contributed by atoms with van der Waals surface area (Å²) in [6, 6.07) is 13.1. The highest BCUT2D eigenvalue weighted by atomic mass is 79.9. The third kappa shape index (κ3) is 3.00. The highest BCUT2D eigenvalue weighted by molar-refractivity contribution is 9.10. The number of nitrogens with two attached hydrogens (primary N) is 1. The number of rotatable bonds is 3. The lowest BCUT2D eigenvalue weighted by Crippen LogP contribution is -1.96. The van der Waals surface area contributed by atoms with E-state index >= 15 is 0 Å². The van der Waals surface area contributed by atoms with Crippen molar-refractivity contribution in [3.05, 3.63) is 57.5 Å². The summed E-state index contributed by atoms with van der Waals surface area (Å²) in [7, 11) is 0. The molecular formula is C13H11BrClNO. The monoisotopic (exact) mass is 311 g/mol. The number of hydrogen-bond donors (Lipinski definition) is 1. The van der Waals surface area contributed by atoms with E-state index in [-0.39, 0.29) is 0 Å². The van der Waals surface area contributed by atoms with Crippen LogP contribution in [0.5, 0.6) is 11.5 Å². The van der Waals surface area contributed by atoms with Crippen molar-refractivity contribution in [2.45, 2.75) is 6.54 Å². The maximum Gasteiger partial charge on any atom is 0.146 e. The lowest BCUT2D eigenvalue weighted by atomic mass is 10.2. The van der Waals surface area contributed by atoms with E-state index in [1.807, 2.05) is 36.4 Å². The lowest BCUT2D eigenvalue weighted by Gasteiger charge is -2.09. The van der Waals surface area contributed by atoms with Crippen molar-refractivity contribution < 1.29 is 4.74 Å². The molecule has 0 unspecified atom stereocenters. The molecule has 2 aromatic carbocycles. The van der Waals surface area contributed by atoms with Crippen LogP contribution in [0.3, 0.4) is 0 Å². The zero-order valence-corrected chi connectivity index (χ0v) is 11.3. The molecule has 0 atom stereocenters. The van der Waals surface area contributed by atoms with Gasteiger partial charge in [-0.3, -0.25) is 0 Å². The van der Waals surface area contributed by atoms with Crippen LogP contribution in [0.15, 0.2) is 46.9 Å². The van der Waals surface area contributed by atoms with Gasteiger partial charge in [0.2, 0.25) is 0 Å². The molecule has 0 fully saturated rings. The van der Waals surface area contributed by atoms with E-state index in [0.29, 0.717) is 17.3 Å². The summed E-state index contributed by atoms with van der Waals surface area (Å²) >= 11 is 9.47. The van der Waals surface area contributed by atoms with Crippen molar-refractivity contribution in [1.82, 2.24) is 0 Å². The highest BCUT2D eigenvalue weighted by Crippen LogP contribution is 2.33. The van der Waals surface area contributed by atoms with E-state index in [1.165, 1.54) is 0 Å². The molecule has 2 rings (SSSR count). The van der Waals surface area contributed by atoms with Gasteiger partial charge in [0.25, 0.3) is 0 Å². The fraction of sp³-hybridized carbons (Fsp3) is 0.0769. The first-order valence-corrected chi connectivity index (χ1v) is 6.28.